The van der Waals surface area contributed by atoms with Gasteiger partial charge in [-0.05, 0) is 6.07 Å². The molecule has 6 nitrogen and oxygen atoms in total. The van der Waals surface area contributed by atoms with Crippen molar-refractivity contribution in [1.82, 2.24) is 0 Å². The Bertz CT molecular complexity index is 630. The second kappa shape index (κ2) is 4.67. The summed E-state index contributed by atoms with van der Waals surface area (Å²) in [5.74, 6) is 0.0297. The molecule has 2 rings (SSSR count). The number of hydrogen-bond acceptors (Lipinski definition) is 6. The molecule has 1 aromatic carbocycles. The van der Waals surface area contributed by atoms with Crippen LogP contribution in [0.25, 0.3) is 10.8 Å². The predicted molar refractivity (Wildman–Crippen MR) is 62.7 cm³/mol. The SMILES string of the molecule is COc1cc(O)c2c(=O)occ(C(O)CO)c2c1. The van der Waals surface area contributed by atoms with Gasteiger partial charge in [0.15, 0.2) is 0 Å². The van der Waals surface area contributed by atoms with Gasteiger partial charge in [-0.2, -0.15) is 0 Å². The summed E-state index contributed by atoms with van der Waals surface area (Å²) in [6.07, 6.45) is -0.145. The monoisotopic (exact) mass is 252 g/mol. The van der Waals surface area contributed by atoms with Gasteiger partial charge in [-0.25, -0.2) is 4.79 Å². The van der Waals surface area contributed by atoms with Crippen molar-refractivity contribution in [2.24, 2.45) is 0 Å². The molecule has 6 heteroatoms. The van der Waals surface area contributed by atoms with Crippen LogP contribution in [-0.2, 0) is 0 Å². The first kappa shape index (κ1) is 12.4. The molecule has 1 heterocycles. The fourth-order valence-electron chi connectivity index (χ4n) is 1.76. The van der Waals surface area contributed by atoms with Crippen LogP contribution in [0.5, 0.6) is 11.5 Å². The van der Waals surface area contributed by atoms with Gasteiger partial charge in [-0.15, -0.1) is 0 Å². The van der Waals surface area contributed by atoms with E-state index in [1.165, 1.54) is 19.2 Å². The third-order valence-electron chi connectivity index (χ3n) is 2.67. The van der Waals surface area contributed by atoms with E-state index in [0.29, 0.717) is 5.75 Å². The summed E-state index contributed by atoms with van der Waals surface area (Å²) >= 11 is 0. The highest BCUT2D eigenvalue weighted by molar-refractivity contribution is 5.91. The molecule has 0 fully saturated rings. The highest BCUT2D eigenvalue weighted by Crippen LogP contribution is 2.32. The normalized spacial score (nSPS) is 12.6. The predicted octanol–water partition coefficient (Wildman–Crippen LogP) is 0.533. The second-order valence-electron chi connectivity index (χ2n) is 3.75. The Morgan fingerprint density at radius 2 is 2.17 bits per heavy atom. The molecular weight excluding hydrogens is 240 g/mol. The highest BCUT2D eigenvalue weighted by Gasteiger charge is 2.17. The minimum atomic E-state index is -1.21. The summed E-state index contributed by atoms with van der Waals surface area (Å²) in [7, 11) is 1.41. The molecule has 0 radical (unpaired) electrons. The summed E-state index contributed by atoms with van der Waals surface area (Å²) in [5, 5.41) is 28.6. The number of fused-ring (bicyclic) bond motifs is 1. The Labute approximate surface area is 102 Å². The third kappa shape index (κ3) is 1.92. The van der Waals surface area contributed by atoms with E-state index >= 15 is 0 Å². The lowest BCUT2D eigenvalue weighted by Gasteiger charge is -2.11. The topological polar surface area (TPSA) is 100 Å². The van der Waals surface area contributed by atoms with Crippen LogP contribution in [0.4, 0.5) is 0 Å². The van der Waals surface area contributed by atoms with Gasteiger partial charge in [0.1, 0.15) is 29.3 Å². The molecule has 1 atom stereocenters. The standard InChI is InChI=1S/C12H12O6/c1-17-6-2-7-8(10(15)4-13)5-18-12(16)11(7)9(14)3-6/h2-3,5,10,13-15H,4H2,1H3. The summed E-state index contributed by atoms with van der Waals surface area (Å²) < 4.78 is 9.70. The Morgan fingerprint density at radius 3 is 2.78 bits per heavy atom. The molecule has 18 heavy (non-hydrogen) atoms. The van der Waals surface area contributed by atoms with Gasteiger partial charge < -0.3 is 24.5 Å². The number of phenols is 1. The van der Waals surface area contributed by atoms with Crippen LogP contribution in [0.2, 0.25) is 0 Å². The van der Waals surface area contributed by atoms with Crippen LogP contribution >= 0.6 is 0 Å². The molecular formula is C12H12O6. The van der Waals surface area contributed by atoms with E-state index < -0.39 is 18.3 Å². The number of aliphatic hydroxyl groups excluding tert-OH is 2. The molecule has 96 valence electrons. The van der Waals surface area contributed by atoms with E-state index in [4.69, 9.17) is 14.3 Å². The van der Waals surface area contributed by atoms with Crippen molar-refractivity contribution in [3.63, 3.8) is 0 Å². The van der Waals surface area contributed by atoms with E-state index in [9.17, 15) is 15.0 Å². The molecule has 0 aliphatic carbocycles. The average molecular weight is 252 g/mol. The van der Waals surface area contributed by atoms with E-state index in [0.717, 1.165) is 6.26 Å². The molecule has 0 bridgehead atoms. The molecule has 0 spiro atoms. The number of ether oxygens (including phenoxy) is 1. The van der Waals surface area contributed by atoms with Crippen molar-refractivity contribution in [2.45, 2.75) is 6.10 Å². The summed E-state index contributed by atoms with van der Waals surface area (Å²) in [6.45, 7) is -0.527. The second-order valence-corrected chi connectivity index (χ2v) is 3.75. The minimum Gasteiger partial charge on any atom is -0.507 e. The molecule has 0 aliphatic rings. The molecule has 2 aromatic rings. The zero-order valence-electron chi connectivity index (χ0n) is 9.58. The number of phenolic OH excluding ortho intramolecular Hbond substituents is 1. The molecule has 3 N–H and O–H groups in total. The van der Waals surface area contributed by atoms with E-state index in [1.54, 1.807) is 0 Å². The summed E-state index contributed by atoms with van der Waals surface area (Å²) in [5.41, 5.74) is -0.514. The van der Waals surface area contributed by atoms with Crippen LogP contribution < -0.4 is 10.4 Å². The van der Waals surface area contributed by atoms with Crippen molar-refractivity contribution in [1.29, 1.82) is 0 Å². The van der Waals surface area contributed by atoms with E-state index in [-0.39, 0.29) is 22.1 Å². The lowest BCUT2D eigenvalue weighted by atomic mass is 10.0. The fraction of sp³-hybridized carbons (Fsp3) is 0.250. The molecule has 0 saturated carbocycles. The molecule has 1 unspecified atom stereocenters. The van der Waals surface area contributed by atoms with Gasteiger partial charge in [0.05, 0.1) is 13.7 Å². The van der Waals surface area contributed by atoms with Crippen molar-refractivity contribution in [3.8, 4) is 11.5 Å². The smallest absolute Gasteiger partial charge is 0.347 e. The van der Waals surface area contributed by atoms with Crippen LogP contribution in [0.1, 0.15) is 11.7 Å². The first-order valence-corrected chi connectivity index (χ1v) is 5.19. The summed E-state index contributed by atoms with van der Waals surface area (Å²) in [4.78, 5) is 11.6. The van der Waals surface area contributed by atoms with Crippen molar-refractivity contribution < 1.29 is 24.5 Å². The lowest BCUT2D eigenvalue weighted by Crippen LogP contribution is -2.08. The van der Waals surface area contributed by atoms with Crippen molar-refractivity contribution in [2.75, 3.05) is 13.7 Å². The van der Waals surface area contributed by atoms with E-state index in [2.05, 4.69) is 0 Å². The lowest BCUT2D eigenvalue weighted by molar-refractivity contribution is 0.0950. The zero-order valence-corrected chi connectivity index (χ0v) is 9.58. The fourth-order valence-corrected chi connectivity index (χ4v) is 1.76. The number of methoxy groups -OCH3 is 1. The first-order chi connectivity index (χ1) is 8.58. The molecule has 0 aliphatic heterocycles. The Hall–Kier alpha value is -2.05. The maximum atomic E-state index is 11.6. The summed E-state index contributed by atoms with van der Waals surface area (Å²) in [6, 6.07) is 2.76. The first-order valence-electron chi connectivity index (χ1n) is 5.19. The Balaban J connectivity index is 2.86. The molecule has 0 saturated heterocycles. The van der Waals surface area contributed by atoms with Crippen LogP contribution in [0, 0.1) is 0 Å². The number of benzene rings is 1. The molecule has 0 amide bonds. The van der Waals surface area contributed by atoms with E-state index in [1.807, 2.05) is 0 Å². The third-order valence-corrected chi connectivity index (χ3v) is 2.67. The van der Waals surface area contributed by atoms with Gasteiger partial charge in [0.25, 0.3) is 0 Å². The minimum absolute atomic E-state index is 0.0548. The quantitative estimate of drug-likeness (QED) is 0.736. The maximum absolute atomic E-state index is 11.6. The van der Waals surface area contributed by atoms with Crippen molar-refractivity contribution in [3.05, 3.63) is 34.4 Å². The van der Waals surface area contributed by atoms with Crippen LogP contribution in [0.3, 0.4) is 0 Å². The Morgan fingerprint density at radius 1 is 1.44 bits per heavy atom. The molecule has 1 aromatic heterocycles. The average Bonchev–Trinajstić information content (AvgIpc) is 2.37. The Kier molecular flexibility index (Phi) is 3.22. The van der Waals surface area contributed by atoms with Gasteiger partial charge in [0.2, 0.25) is 0 Å². The largest absolute Gasteiger partial charge is 0.507 e. The van der Waals surface area contributed by atoms with Gasteiger partial charge >= 0.3 is 5.63 Å². The highest BCUT2D eigenvalue weighted by atomic mass is 16.5. The van der Waals surface area contributed by atoms with Crippen LogP contribution in [0.15, 0.2) is 27.6 Å². The van der Waals surface area contributed by atoms with Crippen molar-refractivity contribution >= 4 is 10.8 Å². The maximum Gasteiger partial charge on any atom is 0.347 e. The number of aliphatic hydroxyl groups is 2. The van der Waals surface area contributed by atoms with Crippen LogP contribution in [-0.4, -0.2) is 29.0 Å². The zero-order chi connectivity index (χ0) is 13.3. The van der Waals surface area contributed by atoms with Gasteiger partial charge in [-0.3, -0.25) is 0 Å². The number of hydrogen-bond donors (Lipinski definition) is 3. The number of rotatable bonds is 3. The number of aromatic hydroxyl groups is 1. The van der Waals surface area contributed by atoms with Gasteiger partial charge in [0, 0.05) is 17.0 Å². The van der Waals surface area contributed by atoms with Gasteiger partial charge in [-0.1, -0.05) is 0 Å².